The number of amides is 3. The Morgan fingerprint density at radius 2 is 1.76 bits per heavy atom. The van der Waals surface area contributed by atoms with Crippen molar-refractivity contribution in [3.05, 3.63) is 87.1 Å². The van der Waals surface area contributed by atoms with Crippen molar-refractivity contribution in [1.82, 2.24) is 10.6 Å². The van der Waals surface area contributed by atoms with E-state index in [1.165, 1.54) is 11.3 Å². The van der Waals surface area contributed by atoms with E-state index in [1.54, 1.807) is 17.0 Å². The lowest BCUT2D eigenvalue weighted by Crippen LogP contribution is -2.49. The van der Waals surface area contributed by atoms with Gasteiger partial charge in [0.25, 0.3) is 5.91 Å². The normalized spacial score (nSPS) is 15.7. The minimum atomic E-state index is -0.922. The zero-order valence-electron chi connectivity index (χ0n) is 21.5. The Labute approximate surface area is 221 Å². The van der Waals surface area contributed by atoms with Crippen LogP contribution < -0.4 is 15.5 Å². The Balaban J connectivity index is 1.70. The van der Waals surface area contributed by atoms with Gasteiger partial charge in [0.2, 0.25) is 11.8 Å². The van der Waals surface area contributed by atoms with Gasteiger partial charge in [-0.05, 0) is 61.7 Å². The van der Waals surface area contributed by atoms with Gasteiger partial charge in [-0.25, -0.2) is 0 Å². The van der Waals surface area contributed by atoms with Crippen LogP contribution in [0.25, 0.3) is 0 Å². The maximum atomic E-state index is 13.9. The summed E-state index contributed by atoms with van der Waals surface area (Å²) in [5.74, 6) is -0.986. The van der Waals surface area contributed by atoms with Gasteiger partial charge in [-0.3, -0.25) is 19.3 Å². The molecule has 0 aliphatic carbocycles. The molecule has 0 spiro atoms. The number of carbonyl (C=O) groups is 3. The fraction of sp³-hybridized carbons (Fsp3) is 0.345. The lowest BCUT2D eigenvalue weighted by Gasteiger charge is -2.34. The number of hydrogen-bond acceptors (Lipinski definition) is 5. The van der Waals surface area contributed by atoms with Gasteiger partial charge < -0.3 is 15.4 Å². The second-order valence-corrected chi connectivity index (χ2v) is 10.3. The maximum Gasteiger partial charge on any atom is 0.261 e. The fourth-order valence-corrected chi connectivity index (χ4v) is 5.50. The van der Waals surface area contributed by atoms with Crippen LogP contribution in [0.2, 0.25) is 0 Å². The molecule has 2 atom stereocenters. The minimum absolute atomic E-state index is 0.0301. The van der Waals surface area contributed by atoms with E-state index in [9.17, 15) is 14.4 Å². The van der Waals surface area contributed by atoms with Gasteiger partial charge in [0, 0.05) is 13.2 Å². The van der Waals surface area contributed by atoms with E-state index in [-0.39, 0.29) is 30.4 Å². The molecule has 7 nitrogen and oxygen atoms in total. The predicted molar refractivity (Wildman–Crippen MR) is 146 cm³/mol. The average molecular weight is 520 g/mol. The van der Waals surface area contributed by atoms with Crippen LogP contribution in [0.1, 0.15) is 50.8 Å². The summed E-state index contributed by atoms with van der Waals surface area (Å²) in [5.41, 5.74) is 4.18. The second-order valence-electron chi connectivity index (χ2n) is 9.36. The molecule has 3 amide bonds. The largest absolute Gasteiger partial charge is 0.376 e. The maximum absolute atomic E-state index is 13.9. The van der Waals surface area contributed by atoms with E-state index in [0.29, 0.717) is 29.3 Å². The minimum Gasteiger partial charge on any atom is -0.376 e. The van der Waals surface area contributed by atoms with E-state index in [1.807, 2.05) is 68.6 Å². The first kappa shape index (κ1) is 26.6. The molecule has 2 heterocycles. The van der Waals surface area contributed by atoms with Crippen molar-refractivity contribution in [3.63, 3.8) is 0 Å². The Bertz CT molecular complexity index is 1210. The van der Waals surface area contributed by atoms with Gasteiger partial charge in [0.15, 0.2) is 0 Å². The third-order valence-corrected chi connectivity index (χ3v) is 7.31. The monoisotopic (exact) mass is 519 g/mol. The fourth-order valence-electron chi connectivity index (χ4n) is 4.86. The molecule has 194 valence electrons. The number of hydrogen-bond donors (Lipinski definition) is 2. The van der Waals surface area contributed by atoms with Gasteiger partial charge in [0.1, 0.15) is 6.04 Å². The molecular weight excluding hydrogens is 486 g/mol. The molecule has 37 heavy (non-hydrogen) atoms. The second kappa shape index (κ2) is 12.2. The van der Waals surface area contributed by atoms with Crippen molar-refractivity contribution in [3.8, 4) is 0 Å². The molecule has 4 rings (SSSR count). The average Bonchev–Trinajstić information content (AvgIpc) is 3.60. The summed E-state index contributed by atoms with van der Waals surface area (Å²) >= 11 is 1.31. The summed E-state index contributed by atoms with van der Waals surface area (Å²) in [7, 11) is 0. The number of rotatable bonds is 9. The van der Waals surface area contributed by atoms with Crippen molar-refractivity contribution < 1.29 is 19.1 Å². The Hall–Kier alpha value is -3.49. The molecule has 3 aromatic rings. The SMILES string of the molecule is Cc1cc(C)c(N(C(=O)CNC(=O)c2cccs2)C(C(=O)NCC2CCCO2)c2ccccc2)c(C)c1. The van der Waals surface area contributed by atoms with Crippen molar-refractivity contribution in [1.29, 1.82) is 0 Å². The number of ether oxygens (including phenoxy) is 1. The standard InChI is InChI=1S/C29H33N3O4S/c1-19-15-20(2)26(21(3)16-19)32(25(33)18-31-28(34)24-12-8-14-37-24)27(22-9-5-4-6-10-22)29(35)30-17-23-11-7-13-36-23/h4-6,8-10,12,14-16,23,27H,7,11,13,17-18H2,1-3H3,(H,30,35)(H,31,34). The molecule has 1 aromatic heterocycles. The highest BCUT2D eigenvalue weighted by molar-refractivity contribution is 7.12. The van der Waals surface area contributed by atoms with Crippen LogP contribution >= 0.6 is 11.3 Å². The summed E-state index contributed by atoms with van der Waals surface area (Å²) in [6.07, 6.45) is 1.83. The number of anilines is 1. The van der Waals surface area contributed by atoms with E-state index in [2.05, 4.69) is 10.6 Å². The van der Waals surface area contributed by atoms with E-state index in [4.69, 9.17) is 4.74 Å². The van der Waals surface area contributed by atoms with Crippen molar-refractivity contribution in [2.45, 2.75) is 45.8 Å². The lowest BCUT2D eigenvalue weighted by atomic mass is 9.98. The zero-order chi connectivity index (χ0) is 26.4. The molecule has 0 bridgehead atoms. The van der Waals surface area contributed by atoms with E-state index in [0.717, 1.165) is 29.5 Å². The first-order chi connectivity index (χ1) is 17.8. The number of benzene rings is 2. The molecule has 8 heteroatoms. The van der Waals surface area contributed by atoms with Crippen LogP contribution in [0.4, 0.5) is 5.69 Å². The molecule has 2 unspecified atom stereocenters. The van der Waals surface area contributed by atoms with Gasteiger partial charge in [-0.2, -0.15) is 0 Å². The third-order valence-electron chi connectivity index (χ3n) is 6.44. The van der Waals surface area contributed by atoms with E-state index >= 15 is 0 Å². The summed E-state index contributed by atoms with van der Waals surface area (Å²) in [5, 5.41) is 7.57. The molecule has 1 saturated heterocycles. The van der Waals surface area contributed by atoms with Gasteiger partial charge in [-0.15, -0.1) is 11.3 Å². The Morgan fingerprint density at radius 1 is 1.03 bits per heavy atom. The summed E-state index contributed by atoms with van der Waals surface area (Å²) in [6.45, 7) is 6.70. The van der Waals surface area contributed by atoms with Crippen LogP contribution in [0, 0.1) is 20.8 Å². The number of nitrogens with zero attached hydrogens (tertiary/aromatic N) is 1. The molecule has 2 N–H and O–H groups in total. The number of carbonyl (C=O) groups excluding carboxylic acids is 3. The van der Waals surface area contributed by atoms with Gasteiger partial charge in [-0.1, -0.05) is 54.1 Å². The Kier molecular flexibility index (Phi) is 8.74. The van der Waals surface area contributed by atoms with Crippen LogP contribution in [0.15, 0.2) is 60.0 Å². The Morgan fingerprint density at radius 3 is 2.38 bits per heavy atom. The molecule has 1 aliphatic heterocycles. The van der Waals surface area contributed by atoms with Gasteiger partial charge >= 0.3 is 0 Å². The quantitative estimate of drug-likeness (QED) is 0.437. The molecule has 1 aliphatic rings. The smallest absolute Gasteiger partial charge is 0.261 e. The summed E-state index contributed by atoms with van der Waals surface area (Å²) in [4.78, 5) is 42.4. The van der Waals surface area contributed by atoms with Crippen LogP contribution in [-0.2, 0) is 14.3 Å². The molecular formula is C29H33N3O4S. The van der Waals surface area contributed by atoms with Crippen LogP contribution in [-0.4, -0.2) is 43.5 Å². The molecule has 2 aromatic carbocycles. The van der Waals surface area contributed by atoms with E-state index < -0.39 is 6.04 Å². The number of aryl methyl sites for hydroxylation is 3. The number of nitrogens with one attached hydrogen (secondary N) is 2. The summed E-state index contributed by atoms with van der Waals surface area (Å²) in [6, 6.07) is 15.8. The highest BCUT2D eigenvalue weighted by atomic mass is 32.1. The summed E-state index contributed by atoms with van der Waals surface area (Å²) < 4.78 is 5.69. The van der Waals surface area contributed by atoms with Gasteiger partial charge in [0.05, 0.1) is 23.2 Å². The van der Waals surface area contributed by atoms with Crippen molar-refractivity contribution >= 4 is 34.7 Å². The third kappa shape index (κ3) is 6.45. The van der Waals surface area contributed by atoms with Crippen LogP contribution in [0.5, 0.6) is 0 Å². The highest BCUT2D eigenvalue weighted by Gasteiger charge is 2.35. The zero-order valence-corrected chi connectivity index (χ0v) is 22.3. The van der Waals surface area contributed by atoms with Crippen molar-refractivity contribution in [2.24, 2.45) is 0 Å². The van der Waals surface area contributed by atoms with Crippen LogP contribution in [0.3, 0.4) is 0 Å². The predicted octanol–water partition coefficient (Wildman–Crippen LogP) is 4.47. The topological polar surface area (TPSA) is 87.7 Å². The molecule has 1 fully saturated rings. The first-order valence-corrected chi connectivity index (χ1v) is 13.4. The molecule has 0 saturated carbocycles. The lowest BCUT2D eigenvalue weighted by molar-refractivity contribution is -0.126. The van der Waals surface area contributed by atoms with Crippen molar-refractivity contribution in [2.75, 3.05) is 24.6 Å². The first-order valence-electron chi connectivity index (χ1n) is 12.5. The molecule has 0 radical (unpaired) electrons. The highest BCUT2D eigenvalue weighted by Crippen LogP contribution is 2.34. The number of thiophene rings is 1.